The van der Waals surface area contributed by atoms with Crippen LogP contribution in [0.1, 0.15) is 57.8 Å². The summed E-state index contributed by atoms with van der Waals surface area (Å²) in [6.07, 6.45) is 11.3. The Hall–Kier alpha value is -0.120. The Bertz CT molecular complexity index is 226. The second-order valence-electron chi connectivity index (χ2n) is 6.07. The van der Waals surface area contributed by atoms with Gasteiger partial charge >= 0.3 is 0 Å². The van der Waals surface area contributed by atoms with Gasteiger partial charge in [-0.15, -0.1) is 0 Å². The zero-order chi connectivity index (χ0) is 12.1. The van der Waals surface area contributed by atoms with Crippen molar-refractivity contribution in [2.45, 2.75) is 69.4 Å². The van der Waals surface area contributed by atoms with Gasteiger partial charge in [0.1, 0.15) is 0 Å². The number of rotatable bonds is 2. The van der Waals surface area contributed by atoms with Crippen LogP contribution in [0.3, 0.4) is 0 Å². The van der Waals surface area contributed by atoms with Crippen LogP contribution in [0.25, 0.3) is 0 Å². The van der Waals surface area contributed by atoms with Crippen molar-refractivity contribution in [1.29, 1.82) is 0 Å². The third-order valence-corrected chi connectivity index (χ3v) is 4.58. The van der Waals surface area contributed by atoms with Crippen LogP contribution in [0.5, 0.6) is 0 Å². The number of likely N-dealkylation sites (tertiary alicyclic amines) is 1. The van der Waals surface area contributed by atoms with E-state index in [0.717, 1.165) is 12.8 Å². The molecule has 2 rings (SSSR count). The van der Waals surface area contributed by atoms with Gasteiger partial charge in [-0.25, -0.2) is 0 Å². The maximum absolute atomic E-state index is 9.42. The first-order chi connectivity index (χ1) is 8.23. The molecule has 0 aromatic heterocycles. The SMILES string of the molecule is NC1(CO)CCCC(N2CCCCCCC2)C1. The Kier molecular flexibility index (Phi) is 4.83. The summed E-state index contributed by atoms with van der Waals surface area (Å²) in [7, 11) is 0. The van der Waals surface area contributed by atoms with Gasteiger partial charge in [0.15, 0.2) is 0 Å². The highest BCUT2D eigenvalue weighted by atomic mass is 16.3. The van der Waals surface area contributed by atoms with Gasteiger partial charge in [0.2, 0.25) is 0 Å². The second-order valence-corrected chi connectivity index (χ2v) is 6.07. The van der Waals surface area contributed by atoms with Crippen molar-refractivity contribution in [3.63, 3.8) is 0 Å². The fourth-order valence-electron chi connectivity index (χ4n) is 3.46. The molecule has 3 heteroatoms. The normalized spacial score (nSPS) is 37.4. The molecule has 1 saturated heterocycles. The highest BCUT2D eigenvalue weighted by Gasteiger charge is 2.34. The summed E-state index contributed by atoms with van der Waals surface area (Å²) in [6, 6.07) is 0.624. The summed E-state index contributed by atoms with van der Waals surface area (Å²) in [5, 5.41) is 9.42. The maximum atomic E-state index is 9.42. The van der Waals surface area contributed by atoms with Crippen molar-refractivity contribution < 1.29 is 5.11 Å². The highest BCUT2D eigenvalue weighted by Crippen LogP contribution is 2.30. The Labute approximate surface area is 105 Å². The zero-order valence-electron chi connectivity index (χ0n) is 11.0. The maximum Gasteiger partial charge on any atom is 0.0611 e. The molecule has 0 radical (unpaired) electrons. The van der Waals surface area contributed by atoms with Gasteiger partial charge in [0.25, 0.3) is 0 Å². The second kappa shape index (κ2) is 6.17. The molecule has 0 bridgehead atoms. The molecular formula is C14H28N2O. The third kappa shape index (κ3) is 3.67. The fraction of sp³-hybridized carbons (Fsp3) is 1.00. The van der Waals surface area contributed by atoms with Gasteiger partial charge in [-0.3, -0.25) is 0 Å². The predicted octanol–water partition coefficient (Wildman–Crippen LogP) is 1.88. The van der Waals surface area contributed by atoms with Gasteiger partial charge in [0, 0.05) is 11.6 Å². The van der Waals surface area contributed by atoms with Crippen molar-refractivity contribution in [2.75, 3.05) is 19.7 Å². The fourth-order valence-corrected chi connectivity index (χ4v) is 3.46. The highest BCUT2D eigenvalue weighted by molar-refractivity contribution is 4.94. The molecule has 1 heterocycles. The van der Waals surface area contributed by atoms with Crippen LogP contribution in [0.4, 0.5) is 0 Å². The van der Waals surface area contributed by atoms with Crippen LogP contribution in [-0.2, 0) is 0 Å². The van der Waals surface area contributed by atoms with Crippen molar-refractivity contribution in [1.82, 2.24) is 4.90 Å². The zero-order valence-corrected chi connectivity index (χ0v) is 11.0. The van der Waals surface area contributed by atoms with Crippen LogP contribution in [0, 0.1) is 0 Å². The minimum atomic E-state index is -0.300. The average molecular weight is 240 g/mol. The van der Waals surface area contributed by atoms with Crippen LogP contribution in [-0.4, -0.2) is 41.3 Å². The van der Waals surface area contributed by atoms with E-state index in [2.05, 4.69) is 4.90 Å². The summed E-state index contributed by atoms with van der Waals surface area (Å²) < 4.78 is 0. The van der Waals surface area contributed by atoms with Crippen molar-refractivity contribution in [2.24, 2.45) is 5.73 Å². The summed E-state index contributed by atoms with van der Waals surface area (Å²) in [5.41, 5.74) is 5.95. The molecule has 2 fully saturated rings. The minimum absolute atomic E-state index is 0.150. The van der Waals surface area contributed by atoms with Crippen molar-refractivity contribution in [3.8, 4) is 0 Å². The molecule has 3 nitrogen and oxygen atoms in total. The Morgan fingerprint density at radius 3 is 2.35 bits per heavy atom. The molecule has 0 amide bonds. The molecule has 3 N–H and O–H groups in total. The molecule has 17 heavy (non-hydrogen) atoms. The monoisotopic (exact) mass is 240 g/mol. The van der Waals surface area contributed by atoms with Gasteiger partial charge in [-0.2, -0.15) is 0 Å². The van der Waals surface area contributed by atoms with Gasteiger partial charge in [-0.1, -0.05) is 19.3 Å². The first-order valence-corrected chi connectivity index (χ1v) is 7.37. The number of aliphatic hydroxyl groups excluding tert-OH is 1. The van der Waals surface area contributed by atoms with E-state index in [1.54, 1.807) is 0 Å². The van der Waals surface area contributed by atoms with Crippen molar-refractivity contribution in [3.05, 3.63) is 0 Å². The van der Waals surface area contributed by atoms with Crippen LogP contribution >= 0.6 is 0 Å². The molecule has 100 valence electrons. The number of nitrogens with two attached hydrogens (primary N) is 1. The number of aliphatic hydroxyl groups is 1. The topological polar surface area (TPSA) is 49.5 Å². The van der Waals surface area contributed by atoms with E-state index < -0.39 is 0 Å². The summed E-state index contributed by atoms with van der Waals surface area (Å²) >= 11 is 0. The standard InChI is InChI=1S/C14H28N2O/c15-14(12-17)8-6-7-13(11-14)16-9-4-2-1-3-5-10-16/h13,17H,1-12,15H2. The molecule has 1 aliphatic heterocycles. The minimum Gasteiger partial charge on any atom is -0.394 e. The molecule has 1 saturated carbocycles. The molecule has 0 spiro atoms. The summed E-state index contributed by atoms with van der Waals surface area (Å²) in [6.45, 7) is 2.63. The lowest BCUT2D eigenvalue weighted by molar-refractivity contribution is 0.0761. The number of nitrogens with zero attached hydrogens (tertiary/aromatic N) is 1. The van der Waals surface area contributed by atoms with E-state index in [4.69, 9.17) is 5.73 Å². The van der Waals surface area contributed by atoms with E-state index >= 15 is 0 Å². The molecule has 0 aromatic carbocycles. The quantitative estimate of drug-likeness (QED) is 0.775. The van der Waals surface area contributed by atoms with Gasteiger partial charge in [-0.05, 0) is 51.6 Å². The number of hydrogen-bond acceptors (Lipinski definition) is 3. The molecular weight excluding hydrogens is 212 g/mol. The largest absolute Gasteiger partial charge is 0.394 e. The van der Waals surface area contributed by atoms with Crippen LogP contribution < -0.4 is 5.73 Å². The summed E-state index contributed by atoms with van der Waals surface area (Å²) in [4.78, 5) is 2.65. The van der Waals surface area contributed by atoms with E-state index in [9.17, 15) is 5.11 Å². The van der Waals surface area contributed by atoms with Crippen molar-refractivity contribution >= 4 is 0 Å². The van der Waals surface area contributed by atoms with E-state index in [-0.39, 0.29) is 12.1 Å². The number of hydrogen-bond donors (Lipinski definition) is 2. The van der Waals surface area contributed by atoms with E-state index in [1.165, 1.54) is 58.0 Å². The van der Waals surface area contributed by atoms with Crippen LogP contribution in [0.2, 0.25) is 0 Å². The summed E-state index contributed by atoms with van der Waals surface area (Å²) in [5.74, 6) is 0. The molecule has 2 unspecified atom stereocenters. The van der Waals surface area contributed by atoms with E-state index in [0.29, 0.717) is 6.04 Å². The Morgan fingerprint density at radius 2 is 1.71 bits per heavy atom. The average Bonchev–Trinajstić information content (AvgIpc) is 2.28. The predicted molar refractivity (Wildman–Crippen MR) is 70.9 cm³/mol. The first kappa shape index (κ1) is 13.3. The lowest BCUT2D eigenvalue weighted by Gasteiger charge is -2.42. The first-order valence-electron chi connectivity index (χ1n) is 7.37. The molecule has 2 atom stereocenters. The van der Waals surface area contributed by atoms with Gasteiger partial charge in [0.05, 0.1) is 6.61 Å². The molecule has 1 aliphatic carbocycles. The Balaban J connectivity index is 1.90. The Morgan fingerprint density at radius 1 is 1.06 bits per heavy atom. The smallest absolute Gasteiger partial charge is 0.0611 e. The lowest BCUT2D eigenvalue weighted by atomic mass is 9.79. The van der Waals surface area contributed by atoms with Gasteiger partial charge < -0.3 is 15.7 Å². The molecule has 0 aromatic rings. The lowest BCUT2D eigenvalue weighted by Crippen LogP contribution is -2.53. The molecule has 2 aliphatic rings. The third-order valence-electron chi connectivity index (χ3n) is 4.58. The van der Waals surface area contributed by atoms with Crippen LogP contribution in [0.15, 0.2) is 0 Å². The van der Waals surface area contributed by atoms with E-state index in [1.807, 2.05) is 0 Å².